The lowest BCUT2D eigenvalue weighted by Crippen LogP contribution is -2.35. The van der Waals surface area contributed by atoms with Crippen molar-refractivity contribution in [2.75, 3.05) is 13.1 Å². The number of nitrogens with zero attached hydrogens (tertiary/aromatic N) is 1. The molecule has 0 saturated carbocycles. The monoisotopic (exact) mass is 303 g/mol. The molecule has 1 fully saturated rings. The number of fused-ring (bicyclic) bond motifs is 1. The van der Waals surface area contributed by atoms with Crippen LogP contribution in [0, 0.1) is 5.92 Å². The number of carboxylic acids is 1. The quantitative estimate of drug-likeness (QED) is 0.908. The van der Waals surface area contributed by atoms with Crippen LogP contribution in [0.2, 0.25) is 0 Å². The molecule has 4 heteroatoms. The van der Waals surface area contributed by atoms with Crippen molar-refractivity contribution in [2.45, 2.75) is 32.2 Å². The van der Waals surface area contributed by atoms with Crippen molar-refractivity contribution in [1.29, 1.82) is 0 Å². The molecule has 1 aliphatic heterocycles. The molecule has 1 saturated heterocycles. The molecule has 2 aromatic rings. The molecular weight excluding hydrogens is 282 g/mol. The molecule has 1 unspecified atom stereocenters. The molecule has 1 aliphatic rings. The van der Waals surface area contributed by atoms with Crippen LogP contribution in [0.25, 0.3) is 10.1 Å². The minimum atomic E-state index is -0.670. The molecule has 0 bridgehead atoms. The van der Waals surface area contributed by atoms with E-state index in [0.717, 1.165) is 26.1 Å². The van der Waals surface area contributed by atoms with E-state index in [1.165, 1.54) is 28.5 Å². The van der Waals surface area contributed by atoms with Gasteiger partial charge in [0.15, 0.2) is 0 Å². The molecular formula is C17H21NO2S. The van der Waals surface area contributed by atoms with Gasteiger partial charge in [-0.1, -0.05) is 18.2 Å². The number of thiophene rings is 1. The van der Waals surface area contributed by atoms with Gasteiger partial charge >= 0.3 is 5.97 Å². The number of benzene rings is 1. The summed E-state index contributed by atoms with van der Waals surface area (Å²) in [6.07, 6.45) is 3.48. The van der Waals surface area contributed by atoms with Crippen molar-refractivity contribution in [2.24, 2.45) is 5.92 Å². The fourth-order valence-corrected chi connectivity index (χ4v) is 4.21. The van der Waals surface area contributed by atoms with Crippen molar-refractivity contribution in [3.63, 3.8) is 0 Å². The minimum Gasteiger partial charge on any atom is -0.481 e. The maximum atomic E-state index is 10.7. The lowest BCUT2D eigenvalue weighted by Gasteiger charge is -2.32. The van der Waals surface area contributed by atoms with Crippen LogP contribution in [0.15, 0.2) is 29.6 Å². The zero-order valence-corrected chi connectivity index (χ0v) is 12.9. The highest BCUT2D eigenvalue weighted by atomic mass is 32.1. The van der Waals surface area contributed by atoms with Gasteiger partial charge < -0.3 is 5.11 Å². The van der Waals surface area contributed by atoms with Crippen LogP contribution < -0.4 is 0 Å². The molecule has 3 rings (SSSR count). The molecule has 21 heavy (non-hydrogen) atoms. The van der Waals surface area contributed by atoms with E-state index in [0.29, 0.717) is 12.3 Å². The summed E-state index contributed by atoms with van der Waals surface area (Å²) in [5.74, 6) is -0.129. The number of likely N-dealkylation sites (tertiary alicyclic amines) is 1. The standard InChI is InChI=1S/C17H21NO2S/c19-17(20)8-7-13-4-3-9-18(10-13)11-14-12-21-16-6-2-1-5-15(14)16/h1-2,5-6,12-13H,3-4,7-11H2,(H,19,20). The highest BCUT2D eigenvalue weighted by Crippen LogP contribution is 2.28. The van der Waals surface area contributed by atoms with Crippen LogP contribution in [-0.2, 0) is 11.3 Å². The largest absolute Gasteiger partial charge is 0.481 e. The number of aliphatic carboxylic acids is 1. The Balaban J connectivity index is 1.63. The van der Waals surface area contributed by atoms with Gasteiger partial charge in [0.25, 0.3) is 0 Å². The number of hydrogen-bond acceptors (Lipinski definition) is 3. The van der Waals surface area contributed by atoms with Gasteiger partial charge in [-0.05, 0) is 54.1 Å². The summed E-state index contributed by atoms with van der Waals surface area (Å²) in [7, 11) is 0. The summed E-state index contributed by atoms with van der Waals surface area (Å²) in [5, 5.41) is 12.5. The van der Waals surface area contributed by atoms with Crippen molar-refractivity contribution < 1.29 is 9.90 Å². The molecule has 3 nitrogen and oxygen atoms in total. The molecule has 0 radical (unpaired) electrons. The van der Waals surface area contributed by atoms with Crippen LogP contribution in [0.4, 0.5) is 0 Å². The molecule has 0 spiro atoms. The average Bonchev–Trinajstić information content (AvgIpc) is 2.89. The van der Waals surface area contributed by atoms with Crippen molar-refractivity contribution in [3.8, 4) is 0 Å². The van der Waals surface area contributed by atoms with Gasteiger partial charge in [0.1, 0.15) is 0 Å². The lowest BCUT2D eigenvalue weighted by atomic mass is 9.93. The van der Waals surface area contributed by atoms with Gasteiger partial charge in [0, 0.05) is 24.2 Å². The van der Waals surface area contributed by atoms with Crippen LogP contribution in [0.3, 0.4) is 0 Å². The molecule has 1 atom stereocenters. The summed E-state index contributed by atoms with van der Waals surface area (Å²) in [6.45, 7) is 3.17. The van der Waals surface area contributed by atoms with E-state index in [-0.39, 0.29) is 0 Å². The third-order valence-corrected chi connectivity index (χ3v) is 5.34. The minimum absolute atomic E-state index is 0.305. The maximum Gasteiger partial charge on any atom is 0.303 e. The van der Waals surface area contributed by atoms with E-state index < -0.39 is 5.97 Å². The molecule has 1 N–H and O–H groups in total. The topological polar surface area (TPSA) is 40.5 Å². The Morgan fingerprint density at radius 1 is 1.38 bits per heavy atom. The maximum absolute atomic E-state index is 10.7. The van der Waals surface area contributed by atoms with E-state index in [4.69, 9.17) is 5.11 Å². The van der Waals surface area contributed by atoms with Gasteiger partial charge in [-0.3, -0.25) is 9.69 Å². The Morgan fingerprint density at radius 3 is 3.10 bits per heavy atom. The van der Waals surface area contributed by atoms with Gasteiger partial charge in [-0.15, -0.1) is 11.3 Å². The second-order valence-corrected chi connectivity index (χ2v) is 6.84. The van der Waals surface area contributed by atoms with Gasteiger partial charge in [-0.2, -0.15) is 0 Å². The fourth-order valence-electron chi connectivity index (χ4n) is 3.25. The van der Waals surface area contributed by atoms with Crippen molar-refractivity contribution in [3.05, 3.63) is 35.2 Å². The van der Waals surface area contributed by atoms with Crippen molar-refractivity contribution in [1.82, 2.24) is 4.90 Å². The average molecular weight is 303 g/mol. The number of carbonyl (C=O) groups is 1. The van der Waals surface area contributed by atoms with E-state index in [1.54, 1.807) is 0 Å². The van der Waals surface area contributed by atoms with E-state index in [2.05, 4.69) is 34.5 Å². The first-order valence-electron chi connectivity index (χ1n) is 7.61. The second kappa shape index (κ2) is 6.58. The number of hydrogen-bond donors (Lipinski definition) is 1. The first-order chi connectivity index (χ1) is 10.2. The van der Waals surface area contributed by atoms with Crippen LogP contribution in [-0.4, -0.2) is 29.1 Å². The molecule has 2 heterocycles. The lowest BCUT2D eigenvalue weighted by molar-refractivity contribution is -0.137. The summed E-state index contributed by atoms with van der Waals surface area (Å²) in [4.78, 5) is 13.2. The Labute approximate surface area is 129 Å². The highest BCUT2D eigenvalue weighted by molar-refractivity contribution is 7.17. The Hall–Kier alpha value is -1.39. The van der Waals surface area contributed by atoms with Crippen molar-refractivity contribution >= 4 is 27.4 Å². The normalized spacial score (nSPS) is 19.9. The summed E-state index contributed by atoms with van der Waals surface area (Å²) >= 11 is 1.81. The summed E-state index contributed by atoms with van der Waals surface area (Å²) in [5.41, 5.74) is 1.41. The molecule has 1 aromatic carbocycles. The first kappa shape index (κ1) is 14.5. The van der Waals surface area contributed by atoms with Gasteiger partial charge in [-0.25, -0.2) is 0 Å². The Bertz CT molecular complexity index is 622. The second-order valence-electron chi connectivity index (χ2n) is 5.93. The van der Waals surface area contributed by atoms with E-state index in [9.17, 15) is 4.79 Å². The molecule has 0 aliphatic carbocycles. The molecule has 0 amide bonds. The third kappa shape index (κ3) is 3.63. The molecule has 1 aromatic heterocycles. The number of rotatable bonds is 5. The highest BCUT2D eigenvalue weighted by Gasteiger charge is 2.21. The van der Waals surface area contributed by atoms with Crippen LogP contribution >= 0.6 is 11.3 Å². The summed E-state index contributed by atoms with van der Waals surface area (Å²) < 4.78 is 1.35. The number of carboxylic acid groups (broad SMARTS) is 1. The fraction of sp³-hybridized carbons (Fsp3) is 0.471. The van der Waals surface area contributed by atoms with E-state index in [1.807, 2.05) is 11.3 Å². The zero-order chi connectivity index (χ0) is 14.7. The van der Waals surface area contributed by atoms with Gasteiger partial charge in [0.05, 0.1) is 0 Å². The van der Waals surface area contributed by atoms with Crippen LogP contribution in [0.5, 0.6) is 0 Å². The van der Waals surface area contributed by atoms with Gasteiger partial charge in [0.2, 0.25) is 0 Å². The predicted octanol–water partition coefficient (Wildman–Crippen LogP) is 3.98. The van der Waals surface area contributed by atoms with E-state index >= 15 is 0 Å². The third-order valence-electron chi connectivity index (χ3n) is 4.32. The SMILES string of the molecule is O=C(O)CCC1CCCN(Cc2csc3ccccc23)C1. The smallest absolute Gasteiger partial charge is 0.303 e. The first-order valence-corrected chi connectivity index (χ1v) is 8.49. The Kier molecular flexibility index (Phi) is 4.56. The summed E-state index contributed by atoms with van der Waals surface area (Å²) in [6, 6.07) is 8.57. The number of piperidine rings is 1. The Morgan fingerprint density at radius 2 is 2.24 bits per heavy atom. The zero-order valence-electron chi connectivity index (χ0n) is 12.1. The predicted molar refractivity (Wildman–Crippen MR) is 86.7 cm³/mol. The molecule has 112 valence electrons. The van der Waals surface area contributed by atoms with Crippen LogP contribution in [0.1, 0.15) is 31.2 Å².